The molecule has 3 heterocycles. The van der Waals surface area contributed by atoms with Crippen LogP contribution in [0.5, 0.6) is 0 Å². The van der Waals surface area contributed by atoms with E-state index in [1.165, 1.54) is 0 Å². The van der Waals surface area contributed by atoms with Crippen molar-refractivity contribution in [1.29, 1.82) is 0 Å². The summed E-state index contributed by atoms with van der Waals surface area (Å²) in [5, 5.41) is 0. The second kappa shape index (κ2) is 6.11. The molecule has 2 amide bonds. The number of benzene rings is 1. The second-order valence-electron chi connectivity index (χ2n) is 6.44. The molecule has 2 aromatic rings. The molecule has 2 aliphatic heterocycles. The summed E-state index contributed by atoms with van der Waals surface area (Å²) in [7, 11) is 0. The lowest BCUT2D eigenvalue weighted by molar-refractivity contribution is -0.160. The van der Waals surface area contributed by atoms with Crippen molar-refractivity contribution in [3.05, 3.63) is 54.1 Å². The third-order valence-corrected chi connectivity index (χ3v) is 4.93. The average Bonchev–Trinajstić information content (AvgIpc) is 3.28. The summed E-state index contributed by atoms with van der Waals surface area (Å²) in [6.45, 7) is 1.16. The molecule has 4 rings (SSSR count). The molecule has 2 fully saturated rings. The normalized spacial score (nSPS) is 23.7. The molecule has 2 saturated heterocycles. The van der Waals surface area contributed by atoms with E-state index in [0.717, 1.165) is 24.1 Å². The number of piperazine rings is 1. The Hall–Kier alpha value is -2.63. The second-order valence-corrected chi connectivity index (χ2v) is 6.44. The fourth-order valence-electron chi connectivity index (χ4n) is 3.73. The van der Waals surface area contributed by atoms with Crippen molar-refractivity contribution in [3.8, 4) is 0 Å². The van der Waals surface area contributed by atoms with Crippen LogP contribution in [-0.4, -0.2) is 50.2 Å². The smallest absolute Gasteiger partial charge is 0.246 e. The van der Waals surface area contributed by atoms with Crippen LogP contribution < -0.4 is 0 Å². The van der Waals surface area contributed by atoms with Crippen LogP contribution in [0.3, 0.4) is 0 Å². The van der Waals surface area contributed by atoms with E-state index in [1.54, 1.807) is 22.3 Å². The molecule has 1 N–H and O–H groups in total. The lowest BCUT2D eigenvalue weighted by Gasteiger charge is -2.42. The Bertz CT molecular complexity index is 729. The monoisotopic (exact) mass is 324 g/mol. The van der Waals surface area contributed by atoms with Gasteiger partial charge in [0.25, 0.3) is 0 Å². The van der Waals surface area contributed by atoms with Gasteiger partial charge in [-0.3, -0.25) is 9.59 Å². The number of rotatable bonds is 4. The van der Waals surface area contributed by atoms with Gasteiger partial charge in [-0.15, -0.1) is 0 Å². The molecule has 1 aromatic heterocycles. The van der Waals surface area contributed by atoms with Crippen molar-refractivity contribution < 1.29 is 9.59 Å². The number of aromatic amines is 1. The first kappa shape index (κ1) is 14.9. The molecule has 6 heteroatoms. The summed E-state index contributed by atoms with van der Waals surface area (Å²) in [4.78, 5) is 36.6. The number of H-pyrrole nitrogens is 1. The van der Waals surface area contributed by atoms with Crippen LogP contribution in [-0.2, 0) is 22.6 Å². The predicted octanol–water partition coefficient (Wildman–Crippen LogP) is 1.35. The molecule has 0 radical (unpaired) electrons. The lowest BCUT2D eigenvalue weighted by atomic mass is 10.0. The van der Waals surface area contributed by atoms with Gasteiger partial charge < -0.3 is 14.8 Å². The van der Waals surface area contributed by atoms with E-state index in [4.69, 9.17) is 0 Å². The van der Waals surface area contributed by atoms with Crippen molar-refractivity contribution in [2.75, 3.05) is 6.54 Å². The molecule has 0 saturated carbocycles. The number of nitrogens with one attached hydrogen (secondary N) is 1. The zero-order valence-electron chi connectivity index (χ0n) is 13.4. The number of carbonyl (C=O) groups excluding carboxylic acids is 2. The number of aromatic nitrogens is 2. The summed E-state index contributed by atoms with van der Waals surface area (Å²) in [6.07, 6.45) is 5.46. The molecule has 0 spiro atoms. The number of amides is 2. The first-order chi connectivity index (χ1) is 11.7. The van der Waals surface area contributed by atoms with E-state index in [0.29, 0.717) is 19.5 Å². The number of hydrogen-bond donors (Lipinski definition) is 1. The molecular formula is C18H20N4O2. The maximum Gasteiger partial charge on any atom is 0.246 e. The predicted molar refractivity (Wildman–Crippen MR) is 87.8 cm³/mol. The van der Waals surface area contributed by atoms with Crippen LogP contribution in [0.25, 0.3) is 0 Å². The third kappa shape index (κ3) is 2.58. The number of nitrogens with zero attached hydrogens (tertiary/aromatic N) is 3. The van der Waals surface area contributed by atoms with E-state index in [2.05, 4.69) is 9.97 Å². The van der Waals surface area contributed by atoms with Gasteiger partial charge in [0.2, 0.25) is 11.8 Å². The van der Waals surface area contributed by atoms with Crippen LogP contribution in [0.15, 0.2) is 42.9 Å². The first-order valence-electron chi connectivity index (χ1n) is 8.36. The molecule has 124 valence electrons. The summed E-state index contributed by atoms with van der Waals surface area (Å²) in [5.74, 6) is 0.128. The van der Waals surface area contributed by atoms with Gasteiger partial charge in [0, 0.05) is 31.4 Å². The Kier molecular flexibility index (Phi) is 3.80. The number of imidazole rings is 1. The van der Waals surface area contributed by atoms with E-state index >= 15 is 0 Å². The van der Waals surface area contributed by atoms with Crippen LogP contribution in [0.4, 0.5) is 0 Å². The highest BCUT2D eigenvalue weighted by Crippen LogP contribution is 2.29. The lowest BCUT2D eigenvalue weighted by Crippen LogP contribution is -2.63. The topological polar surface area (TPSA) is 69.3 Å². The van der Waals surface area contributed by atoms with Gasteiger partial charge in [-0.2, -0.15) is 0 Å². The molecule has 0 unspecified atom stereocenters. The van der Waals surface area contributed by atoms with Crippen molar-refractivity contribution in [3.63, 3.8) is 0 Å². The Morgan fingerprint density at radius 1 is 1.17 bits per heavy atom. The minimum absolute atomic E-state index is 0.0580. The SMILES string of the molecule is O=C1[C@H](Cc2cnc[nH]2)N(Cc2ccccc2)C(=O)[C@@H]2CCCN12. The van der Waals surface area contributed by atoms with E-state index in [1.807, 2.05) is 30.3 Å². The number of carbonyl (C=O) groups is 2. The van der Waals surface area contributed by atoms with Crippen LogP contribution in [0, 0.1) is 0 Å². The Morgan fingerprint density at radius 2 is 2.00 bits per heavy atom. The molecule has 24 heavy (non-hydrogen) atoms. The fourth-order valence-corrected chi connectivity index (χ4v) is 3.73. The van der Waals surface area contributed by atoms with Crippen molar-refractivity contribution in [2.24, 2.45) is 0 Å². The minimum atomic E-state index is -0.465. The zero-order chi connectivity index (χ0) is 16.5. The third-order valence-electron chi connectivity index (χ3n) is 4.93. The highest BCUT2D eigenvalue weighted by Gasteiger charge is 2.47. The Morgan fingerprint density at radius 3 is 2.75 bits per heavy atom. The zero-order valence-corrected chi connectivity index (χ0v) is 13.4. The Balaban J connectivity index is 1.65. The van der Waals surface area contributed by atoms with Gasteiger partial charge in [0.1, 0.15) is 12.1 Å². The average molecular weight is 324 g/mol. The minimum Gasteiger partial charge on any atom is -0.348 e. The molecule has 0 aliphatic carbocycles. The van der Waals surface area contributed by atoms with Crippen molar-refractivity contribution in [2.45, 2.75) is 37.9 Å². The van der Waals surface area contributed by atoms with Crippen molar-refractivity contribution in [1.82, 2.24) is 19.8 Å². The Labute approximate surface area is 140 Å². The van der Waals surface area contributed by atoms with E-state index < -0.39 is 6.04 Å². The van der Waals surface area contributed by atoms with Crippen LogP contribution >= 0.6 is 0 Å². The van der Waals surface area contributed by atoms with Gasteiger partial charge >= 0.3 is 0 Å². The summed E-state index contributed by atoms with van der Waals surface area (Å²) < 4.78 is 0. The molecule has 0 bridgehead atoms. The van der Waals surface area contributed by atoms with Gasteiger partial charge in [-0.25, -0.2) is 4.98 Å². The van der Waals surface area contributed by atoms with E-state index in [-0.39, 0.29) is 17.9 Å². The largest absolute Gasteiger partial charge is 0.348 e. The van der Waals surface area contributed by atoms with Gasteiger partial charge in [-0.05, 0) is 18.4 Å². The molecular weight excluding hydrogens is 304 g/mol. The summed E-state index contributed by atoms with van der Waals surface area (Å²) in [6, 6.07) is 9.10. The standard InChI is InChI=1S/C18H20N4O2/c23-17-15-7-4-8-21(15)18(24)16(9-14-10-19-12-20-14)22(17)11-13-5-2-1-3-6-13/h1-3,5-6,10,12,15-16H,4,7-9,11H2,(H,19,20)/t15-,16-/m0/s1. The van der Waals surface area contributed by atoms with Gasteiger partial charge in [0.15, 0.2) is 0 Å². The maximum absolute atomic E-state index is 13.0. The quantitative estimate of drug-likeness (QED) is 0.923. The summed E-state index contributed by atoms with van der Waals surface area (Å²) >= 11 is 0. The molecule has 6 nitrogen and oxygen atoms in total. The van der Waals surface area contributed by atoms with E-state index in [9.17, 15) is 9.59 Å². The maximum atomic E-state index is 13.0. The highest BCUT2D eigenvalue weighted by molar-refractivity contribution is 5.97. The molecule has 2 aliphatic rings. The number of fused-ring (bicyclic) bond motifs is 1. The van der Waals surface area contributed by atoms with Crippen LogP contribution in [0.1, 0.15) is 24.1 Å². The molecule has 2 atom stereocenters. The fraction of sp³-hybridized carbons (Fsp3) is 0.389. The number of hydrogen-bond acceptors (Lipinski definition) is 3. The highest BCUT2D eigenvalue weighted by atomic mass is 16.2. The first-order valence-corrected chi connectivity index (χ1v) is 8.36. The van der Waals surface area contributed by atoms with Crippen molar-refractivity contribution >= 4 is 11.8 Å². The summed E-state index contributed by atoms with van der Waals surface area (Å²) in [5.41, 5.74) is 1.91. The molecule has 1 aromatic carbocycles. The van der Waals surface area contributed by atoms with Gasteiger partial charge in [0.05, 0.1) is 6.33 Å². The van der Waals surface area contributed by atoms with Crippen LogP contribution in [0.2, 0.25) is 0 Å². The van der Waals surface area contributed by atoms with Gasteiger partial charge in [-0.1, -0.05) is 30.3 Å².